The summed E-state index contributed by atoms with van der Waals surface area (Å²) in [6, 6.07) is 2.05. The SMILES string of the molecule is CC(=O)CCC(=O)NCCc1cc(Br)cs1. The van der Waals surface area contributed by atoms with Gasteiger partial charge in [-0.05, 0) is 35.3 Å². The second-order valence-corrected chi connectivity index (χ2v) is 5.44. The first-order valence-electron chi connectivity index (χ1n) is 5.07. The molecule has 1 heterocycles. The van der Waals surface area contributed by atoms with Crippen LogP contribution in [-0.2, 0) is 16.0 Å². The van der Waals surface area contributed by atoms with Crippen LogP contribution >= 0.6 is 27.3 Å². The van der Waals surface area contributed by atoms with Crippen molar-refractivity contribution in [2.75, 3.05) is 6.54 Å². The molecule has 0 aromatic carbocycles. The van der Waals surface area contributed by atoms with E-state index in [2.05, 4.69) is 21.2 Å². The molecule has 1 aromatic heterocycles. The van der Waals surface area contributed by atoms with Crippen LogP contribution in [0.5, 0.6) is 0 Å². The third-order valence-electron chi connectivity index (χ3n) is 2.02. The summed E-state index contributed by atoms with van der Waals surface area (Å²) in [5, 5.41) is 4.82. The van der Waals surface area contributed by atoms with Crippen molar-refractivity contribution in [3.8, 4) is 0 Å². The summed E-state index contributed by atoms with van der Waals surface area (Å²) >= 11 is 5.05. The second kappa shape index (κ2) is 6.81. The van der Waals surface area contributed by atoms with E-state index in [1.54, 1.807) is 11.3 Å². The minimum atomic E-state index is -0.0502. The van der Waals surface area contributed by atoms with Crippen LogP contribution in [0.25, 0.3) is 0 Å². The molecule has 0 saturated heterocycles. The number of hydrogen-bond acceptors (Lipinski definition) is 3. The van der Waals surface area contributed by atoms with Gasteiger partial charge in [-0.1, -0.05) is 0 Å². The fourth-order valence-corrected chi connectivity index (χ4v) is 2.64. The molecule has 0 atom stereocenters. The summed E-state index contributed by atoms with van der Waals surface area (Å²) in [5.41, 5.74) is 0. The quantitative estimate of drug-likeness (QED) is 0.878. The summed E-state index contributed by atoms with van der Waals surface area (Å²) in [7, 11) is 0. The number of nitrogens with one attached hydrogen (secondary N) is 1. The fraction of sp³-hybridized carbons (Fsp3) is 0.455. The molecule has 1 aromatic rings. The van der Waals surface area contributed by atoms with Crippen LogP contribution in [0.2, 0.25) is 0 Å². The van der Waals surface area contributed by atoms with Crippen LogP contribution in [0.1, 0.15) is 24.6 Å². The minimum Gasteiger partial charge on any atom is -0.356 e. The molecule has 0 aliphatic rings. The molecular formula is C11H14BrNO2S. The van der Waals surface area contributed by atoms with Crippen LogP contribution in [0.15, 0.2) is 15.9 Å². The number of amides is 1. The van der Waals surface area contributed by atoms with Gasteiger partial charge in [0.05, 0.1) is 0 Å². The molecule has 88 valence electrons. The lowest BCUT2D eigenvalue weighted by Gasteiger charge is -2.02. The standard InChI is InChI=1S/C11H14BrNO2S/c1-8(14)2-3-11(15)13-5-4-10-6-9(12)7-16-10/h6-7H,2-5H2,1H3,(H,13,15). The molecule has 0 aliphatic carbocycles. The molecule has 0 radical (unpaired) electrons. The van der Waals surface area contributed by atoms with Crippen LogP contribution in [-0.4, -0.2) is 18.2 Å². The van der Waals surface area contributed by atoms with E-state index in [4.69, 9.17) is 0 Å². The van der Waals surface area contributed by atoms with E-state index >= 15 is 0 Å². The number of carbonyl (C=O) groups excluding carboxylic acids is 2. The molecule has 16 heavy (non-hydrogen) atoms. The van der Waals surface area contributed by atoms with Crippen molar-refractivity contribution < 1.29 is 9.59 Å². The number of ketones is 1. The van der Waals surface area contributed by atoms with Gasteiger partial charge in [0.25, 0.3) is 0 Å². The average molecular weight is 304 g/mol. The second-order valence-electron chi connectivity index (χ2n) is 3.53. The van der Waals surface area contributed by atoms with E-state index in [9.17, 15) is 9.59 Å². The Morgan fingerprint density at radius 1 is 1.44 bits per heavy atom. The minimum absolute atomic E-state index is 0.0502. The first kappa shape index (κ1) is 13.4. The topological polar surface area (TPSA) is 46.2 Å². The molecular weight excluding hydrogens is 290 g/mol. The Morgan fingerprint density at radius 3 is 2.75 bits per heavy atom. The van der Waals surface area contributed by atoms with Gasteiger partial charge in [0, 0.05) is 34.1 Å². The van der Waals surface area contributed by atoms with Crippen molar-refractivity contribution in [1.29, 1.82) is 0 Å². The highest BCUT2D eigenvalue weighted by Crippen LogP contribution is 2.19. The third kappa shape index (κ3) is 5.42. The van der Waals surface area contributed by atoms with Gasteiger partial charge in [-0.25, -0.2) is 0 Å². The van der Waals surface area contributed by atoms with E-state index in [0.717, 1.165) is 10.9 Å². The Morgan fingerprint density at radius 2 is 2.19 bits per heavy atom. The highest BCUT2D eigenvalue weighted by Gasteiger charge is 2.03. The maximum atomic E-state index is 11.3. The Hall–Kier alpha value is -0.680. The molecule has 0 fully saturated rings. The predicted molar refractivity (Wildman–Crippen MR) is 68.6 cm³/mol. The van der Waals surface area contributed by atoms with Crippen LogP contribution in [0, 0.1) is 0 Å². The number of thiophene rings is 1. The largest absolute Gasteiger partial charge is 0.356 e. The highest BCUT2D eigenvalue weighted by molar-refractivity contribution is 9.10. The van der Waals surface area contributed by atoms with E-state index < -0.39 is 0 Å². The van der Waals surface area contributed by atoms with Gasteiger partial charge in [0.15, 0.2) is 0 Å². The molecule has 1 amide bonds. The van der Waals surface area contributed by atoms with Crippen molar-refractivity contribution in [3.63, 3.8) is 0 Å². The first-order chi connectivity index (χ1) is 7.58. The Bertz CT molecular complexity index is 376. The van der Waals surface area contributed by atoms with E-state index in [0.29, 0.717) is 19.4 Å². The number of Topliss-reactive ketones (excluding diaryl/α,β-unsaturated/α-hetero) is 1. The number of carbonyl (C=O) groups is 2. The lowest BCUT2D eigenvalue weighted by atomic mass is 10.2. The van der Waals surface area contributed by atoms with Gasteiger partial charge in [-0.2, -0.15) is 0 Å². The Balaban J connectivity index is 2.15. The van der Waals surface area contributed by atoms with E-state index in [-0.39, 0.29) is 11.7 Å². The molecule has 0 unspecified atom stereocenters. The van der Waals surface area contributed by atoms with Crippen molar-refractivity contribution in [1.82, 2.24) is 5.32 Å². The zero-order valence-corrected chi connectivity index (χ0v) is 11.5. The lowest BCUT2D eigenvalue weighted by Crippen LogP contribution is -2.25. The lowest BCUT2D eigenvalue weighted by molar-refractivity contribution is -0.124. The van der Waals surface area contributed by atoms with Gasteiger partial charge < -0.3 is 10.1 Å². The predicted octanol–water partition coefficient (Wildman–Crippen LogP) is 2.54. The molecule has 5 heteroatoms. The smallest absolute Gasteiger partial charge is 0.220 e. The normalized spacial score (nSPS) is 10.1. The van der Waals surface area contributed by atoms with Crippen LogP contribution in [0.4, 0.5) is 0 Å². The molecule has 1 N–H and O–H groups in total. The summed E-state index contributed by atoms with van der Waals surface area (Å²) in [6.45, 7) is 2.13. The van der Waals surface area contributed by atoms with E-state index in [1.807, 2.05) is 11.4 Å². The van der Waals surface area contributed by atoms with Gasteiger partial charge in [-0.3, -0.25) is 4.79 Å². The number of rotatable bonds is 6. The molecule has 0 bridgehead atoms. The molecule has 0 aliphatic heterocycles. The summed E-state index contributed by atoms with van der Waals surface area (Å²) in [4.78, 5) is 23.2. The zero-order chi connectivity index (χ0) is 12.0. The highest BCUT2D eigenvalue weighted by atomic mass is 79.9. The Kier molecular flexibility index (Phi) is 5.69. The van der Waals surface area contributed by atoms with Crippen molar-refractivity contribution in [2.24, 2.45) is 0 Å². The van der Waals surface area contributed by atoms with Crippen molar-refractivity contribution in [2.45, 2.75) is 26.2 Å². The molecule has 0 saturated carbocycles. The number of halogens is 1. The Labute approximate surface area is 107 Å². The monoisotopic (exact) mass is 303 g/mol. The summed E-state index contributed by atoms with van der Waals surface area (Å²) in [6.07, 6.45) is 1.46. The van der Waals surface area contributed by atoms with Gasteiger partial charge in [-0.15, -0.1) is 11.3 Å². The van der Waals surface area contributed by atoms with Crippen molar-refractivity contribution in [3.05, 3.63) is 20.8 Å². The fourth-order valence-electron chi connectivity index (χ4n) is 1.19. The number of hydrogen-bond donors (Lipinski definition) is 1. The molecule has 3 nitrogen and oxygen atoms in total. The molecule has 0 spiro atoms. The first-order valence-corrected chi connectivity index (χ1v) is 6.74. The van der Waals surface area contributed by atoms with Crippen molar-refractivity contribution >= 4 is 39.0 Å². The molecule has 1 rings (SSSR count). The summed E-state index contributed by atoms with van der Waals surface area (Å²) < 4.78 is 1.08. The van der Waals surface area contributed by atoms with Crippen LogP contribution in [0.3, 0.4) is 0 Å². The summed E-state index contributed by atoms with van der Waals surface area (Å²) in [5.74, 6) is 0.00293. The van der Waals surface area contributed by atoms with Gasteiger partial charge in [0.1, 0.15) is 5.78 Å². The van der Waals surface area contributed by atoms with Gasteiger partial charge >= 0.3 is 0 Å². The van der Waals surface area contributed by atoms with Crippen LogP contribution < -0.4 is 5.32 Å². The maximum Gasteiger partial charge on any atom is 0.220 e. The maximum absolute atomic E-state index is 11.3. The van der Waals surface area contributed by atoms with Gasteiger partial charge in [0.2, 0.25) is 5.91 Å². The average Bonchev–Trinajstić information content (AvgIpc) is 2.61. The zero-order valence-electron chi connectivity index (χ0n) is 9.09. The van der Waals surface area contributed by atoms with E-state index in [1.165, 1.54) is 11.8 Å². The third-order valence-corrected chi connectivity index (χ3v) is 3.78.